The van der Waals surface area contributed by atoms with Gasteiger partial charge in [0.1, 0.15) is 0 Å². The summed E-state index contributed by atoms with van der Waals surface area (Å²) in [5, 5.41) is 9.35. The first-order valence-corrected chi connectivity index (χ1v) is 12.0. The van der Waals surface area contributed by atoms with E-state index in [2.05, 4.69) is 20.9 Å². The summed E-state index contributed by atoms with van der Waals surface area (Å²) in [4.78, 5) is 28.2. The highest BCUT2D eigenvalue weighted by atomic mass is 16.2. The molecule has 0 bridgehead atoms. The van der Waals surface area contributed by atoms with Crippen molar-refractivity contribution in [3.63, 3.8) is 0 Å². The predicted octanol–water partition coefficient (Wildman–Crippen LogP) is 4.67. The molecule has 3 aromatic rings. The van der Waals surface area contributed by atoms with Crippen LogP contribution in [0.1, 0.15) is 44.7 Å². The number of carbonyl (C=O) groups is 2. The molecule has 2 heterocycles. The van der Waals surface area contributed by atoms with Gasteiger partial charge in [0, 0.05) is 30.9 Å². The monoisotopic (exact) mass is 454 g/mol. The molecule has 0 radical (unpaired) electrons. The lowest BCUT2D eigenvalue weighted by Gasteiger charge is -2.16. The van der Waals surface area contributed by atoms with Gasteiger partial charge in [0.25, 0.3) is 11.8 Å². The second-order valence-electron chi connectivity index (χ2n) is 9.02. The highest BCUT2D eigenvalue weighted by molar-refractivity contribution is 6.12. The predicted molar refractivity (Wildman–Crippen MR) is 136 cm³/mol. The first-order chi connectivity index (χ1) is 16.6. The fourth-order valence-corrected chi connectivity index (χ4v) is 4.92. The van der Waals surface area contributed by atoms with Crippen LogP contribution >= 0.6 is 0 Å². The minimum Gasteiger partial charge on any atom is -0.384 e. The number of anilines is 2. The zero-order valence-electron chi connectivity index (χ0n) is 19.5. The number of carbonyl (C=O) groups excluding carboxylic acids is 2. The summed E-state index contributed by atoms with van der Waals surface area (Å²) in [5.41, 5.74) is 6.58. The van der Waals surface area contributed by atoms with Crippen LogP contribution in [0, 0.1) is 6.92 Å². The quantitative estimate of drug-likeness (QED) is 0.485. The average Bonchev–Trinajstić information content (AvgIpc) is 3.50. The van der Waals surface area contributed by atoms with Crippen LogP contribution in [0.15, 0.2) is 60.7 Å². The van der Waals surface area contributed by atoms with Crippen LogP contribution in [-0.2, 0) is 6.54 Å². The molecule has 2 aliphatic heterocycles. The molecule has 0 atom stereocenters. The second-order valence-corrected chi connectivity index (χ2v) is 9.02. The number of nitrogens with one attached hydrogen (secondary N) is 3. The van der Waals surface area contributed by atoms with Gasteiger partial charge in [0.15, 0.2) is 0 Å². The van der Waals surface area contributed by atoms with E-state index < -0.39 is 0 Å². The highest BCUT2D eigenvalue weighted by Crippen LogP contribution is 2.34. The van der Waals surface area contributed by atoms with Crippen LogP contribution in [0.4, 0.5) is 11.4 Å². The second kappa shape index (κ2) is 9.69. The molecule has 5 rings (SSSR count). The highest BCUT2D eigenvalue weighted by Gasteiger charge is 2.27. The Labute approximate surface area is 200 Å². The molecule has 1 fully saturated rings. The summed E-state index contributed by atoms with van der Waals surface area (Å²) >= 11 is 0. The first kappa shape index (κ1) is 22.2. The Morgan fingerprint density at radius 3 is 2.59 bits per heavy atom. The average molecular weight is 455 g/mol. The largest absolute Gasteiger partial charge is 0.384 e. The molecule has 2 aliphatic rings. The van der Waals surface area contributed by atoms with Crippen molar-refractivity contribution < 1.29 is 9.59 Å². The van der Waals surface area contributed by atoms with Gasteiger partial charge in [0.2, 0.25) is 0 Å². The number of aryl methyl sites for hydroxylation is 1. The van der Waals surface area contributed by atoms with E-state index in [9.17, 15) is 9.59 Å². The summed E-state index contributed by atoms with van der Waals surface area (Å²) in [6.45, 7) is 6.70. The van der Waals surface area contributed by atoms with Crippen molar-refractivity contribution in [2.24, 2.45) is 0 Å². The Kier molecular flexibility index (Phi) is 6.32. The molecule has 2 amide bonds. The molecule has 6 nitrogen and oxygen atoms in total. The summed E-state index contributed by atoms with van der Waals surface area (Å²) < 4.78 is 0. The van der Waals surface area contributed by atoms with Crippen LogP contribution in [0.2, 0.25) is 0 Å². The van der Waals surface area contributed by atoms with Crippen LogP contribution in [0.3, 0.4) is 0 Å². The molecule has 0 aromatic heterocycles. The Balaban J connectivity index is 1.31. The Morgan fingerprint density at radius 1 is 1.03 bits per heavy atom. The number of nitrogens with zero attached hydrogens (tertiary/aromatic N) is 1. The Hall–Kier alpha value is -3.64. The van der Waals surface area contributed by atoms with Crippen LogP contribution in [0.5, 0.6) is 0 Å². The third-order valence-corrected chi connectivity index (χ3v) is 6.73. The molecule has 0 aliphatic carbocycles. The molecule has 3 N–H and O–H groups in total. The van der Waals surface area contributed by atoms with Crippen molar-refractivity contribution in [1.29, 1.82) is 0 Å². The van der Waals surface area contributed by atoms with Crippen LogP contribution in [0.25, 0.3) is 11.1 Å². The van der Waals surface area contributed by atoms with Gasteiger partial charge in [-0.2, -0.15) is 0 Å². The van der Waals surface area contributed by atoms with Gasteiger partial charge in [-0.15, -0.1) is 0 Å². The summed E-state index contributed by atoms with van der Waals surface area (Å²) in [6.07, 6.45) is 2.59. The van der Waals surface area contributed by atoms with E-state index in [0.29, 0.717) is 23.4 Å². The molecule has 0 unspecified atom stereocenters. The molecular formula is C28H30N4O2. The van der Waals surface area contributed by atoms with Crippen molar-refractivity contribution in [3.8, 4) is 11.1 Å². The van der Waals surface area contributed by atoms with Gasteiger partial charge in [0.05, 0.1) is 11.3 Å². The molecule has 34 heavy (non-hydrogen) atoms. The van der Waals surface area contributed by atoms with Crippen LogP contribution in [-0.4, -0.2) is 42.9 Å². The molecule has 0 spiro atoms. The number of rotatable bonds is 7. The third-order valence-electron chi connectivity index (χ3n) is 6.73. The molecule has 3 aromatic carbocycles. The lowest BCUT2D eigenvalue weighted by atomic mass is 9.95. The zero-order valence-corrected chi connectivity index (χ0v) is 19.5. The number of amides is 2. The number of likely N-dealkylation sites (tertiary alicyclic amines) is 1. The topological polar surface area (TPSA) is 73.5 Å². The van der Waals surface area contributed by atoms with E-state index in [-0.39, 0.29) is 11.8 Å². The van der Waals surface area contributed by atoms with Crippen LogP contribution < -0.4 is 16.0 Å². The van der Waals surface area contributed by atoms with Gasteiger partial charge >= 0.3 is 0 Å². The van der Waals surface area contributed by atoms with Crippen molar-refractivity contribution >= 4 is 23.2 Å². The Bertz CT molecular complexity index is 1220. The molecule has 174 valence electrons. The lowest BCUT2D eigenvalue weighted by molar-refractivity contribution is 0.0966. The summed E-state index contributed by atoms with van der Waals surface area (Å²) in [7, 11) is 0. The van der Waals surface area contributed by atoms with Gasteiger partial charge in [-0.05, 0) is 79.4 Å². The van der Waals surface area contributed by atoms with Crippen molar-refractivity contribution in [1.82, 2.24) is 10.2 Å². The van der Waals surface area contributed by atoms with Crippen molar-refractivity contribution in [2.75, 3.05) is 36.8 Å². The summed E-state index contributed by atoms with van der Waals surface area (Å²) in [6, 6.07) is 19.6. The zero-order chi connectivity index (χ0) is 23.5. The maximum absolute atomic E-state index is 13.1. The standard InChI is InChI=1S/C28H30N4O2/c1-19-17-21(29-13-16-32-14-5-6-15-32)9-10-22(19)27(33)31-25-12-11-23(20-7-3-2-4-8-20)24-18-30-28(34)26(24)25/h2-4,7-12,17,29H,5-6,13-16,18H2,1H3,(H,30,34)(H,31,33). The number of hydrogen-bond acceptors (Lipinski definition) is 4. The smallest absolute Gasteiger partial charge is 0.255 e. The maximum atomic E-state index is 13.1. The molecule has 0 saturated carbocycles. The molecular weight excluding hydrogens is 424 g/mol. The van der Waals surface area contributed by atoms with Crippen molar-refractivity contribution in [2.45, 2.75) is 26.3 Å². The van der Waals surface area contributed by atoms with Gasteiger partial charge in [-0.25, -0.2) is 0 Å². The first-order valence-electron chi connectivity index (χ1n) is 12.0. The van der Waals surface area contributed by atoms with E-state index in [1.807, 2.05) is 67.6 Å². The van der Waals surface area contributed by atoms with Gasteiger partial charge in [-0.3, -0.25) is 9.59 Å². The fraction of sp³-hybridized carbons (Fsp3) is 0.286. The third kappa shape index (κ3) is 4.54. The maximum Gasteiger partial charge on any atom is 0.255 e. The minimum atomic E-state index is -0.213. The lowest BCUT2D eigenvalue weighted by Crippen LogP contribution is -2.26. The Morgan fingerprint density at radius 2 is 1.82 bits per heavy atom. The fourth-order valence-electron chi connectivity index (χ4n) is 4.92. The van der Waals surface area contributed by atoms with E-state index in [1.165, 1.54) is 25.9 Å². The summed E-state index contributed by atoms with van der Waals surface area (Å²) in [5.74, 6) is -0.368. The number of hydrogen-bond donors (Lipinski definition) is 3. The number of benzene rings is 3. The van der Waals surface area contributed by atoms with Gasteiger partial charge in [-0.1, -0.05) is 36.4 Å². The molecule has 6 heteroatoms. The molecule has 1 saturated heterocycles. The minimum absolute atomic E-state index is 0.155. The van der Waals surface area contributed by atoms with Gasteiger partial charge < -0.3 is 20.9 Å². The van der Waals surface area contributed by atoms with E-state index >= 15 is 0 Å². The van der Waals surface area contributed by atoms with Crippen molar-refractivity contribution in [3.05, 3.63) is 82.9 Å². The normalized spacial score (nSPS) is 15.1. The van der Waals surface area contributed by atoms with E-state index in [0.717, 1.165) is 41.0 Å². The SMILES string of the molecule is Cc1cc(NCCN2CCCC2)ccc1C(=O)Nc1ccc(-c2ccccc2)c2c1C(=O)NC2. The number of fused-ring (bicyclic) bond motifs is 1. The van der Waals surface area contributed by atoms with E-state index in [4.69, 9.17) is 0 Å². The van der Waals surface area contributed by atoms with E-state index in [1.54, 1.807) is 0 Å².